The maximum atomic E-state index is 12.0. The van der Waals surface area contributed by atoms with Gasteiger partial charge >= 0.3 is 5.97 Å². The van der Waals surface area contributed by atoms with Gasteiger partial charge in [-0.15, -0.1) is 11.3 Å². The summed E-state index contributed by atoms with van der Waals surface area (Å²) in [4.78, 5) is 29.7. The minimum Gasteiger partial charge on any atom is -0.452 e. The minimum atomic E-state index is -0.561. The second-order valence-corrected chi connectivity index (χ2v) is 6.39. The number of rotatable bonds is 7. The molecule has 0 atom stereocenters. The molecule has 126 valence electrons. The number of hydrogen-bond donors (Lipinski definition) is 0. The number of ether oxygens (including phenoxy) is 1. The zero-order valence-corrected chi connectivity index (χ0v) is 14.6. The van der Waals surface area contributed by atoms with E-state index in [0.717, 1.165) is 20.8 Å². The average Bonchev–Trinajstić information content (AvgIpc) is 2.98. The second-order valence-electron chi connectivity index (χ2n) is 5.33. The summed E-state index contributed by atoms with van der Waals surface area (Å²) in [7, 11) is 0. The van der Waals surface area contributed by atoms with Crippen LogP contribution in [0, 0.1) is 0 Å². The van der Waals surface area contributed by atoms with Crippen LogP contribution in [0.2, 0.25) is 0 Å². The molecule has 0 unspecified atom stereocenters. The third-order valence-corrected chi connectivity index (χ3v) is 4.21. The predicted octanol–water partition coefficient (Wildman–Crippen LogP) is 3.28. The molecule has 0 bridgehead atoms. The van der Waals surface area contributed by atoms with Crippen molar-refractivity contribution in [3.05, 3.63) is 47.5 Å². The van der Waals surface area contributed by atoms with Gasteiger partial charge in [0.25, 0.3) is 5.91 Å². The van der Waals surface area contributed by atoms with Crippen LogP contribution in [0.1, 0.15) is 18.9 Å². The Morgan fingerprint density at radius 3 is 2.79 bits per heavy atom. The minimum absolute atomic E-state index is 0.234. The lowest BCUT2D eigenvalue weighted by Crippen LogP contribution is -2.35. The summed E-state index contributed by atoms with van der Waals surface area (Å²) in [6.45, 7) is 8.24. The third kappa shape index (κ3) is 5.03. The van der Waals surface area contributed by atoms with Gasteiger partial charge in [-0.1, -0.05) is 24.3 Å². The van der Waals surface area contributed by atoms with Gasteiger partial charge in [0.05, 0.1) is 10.2 Å². The van der Waals surface area contributed by atoms with E-state index in [-0.39, 0.29) is 12.5 Å². The fourth-order valence-corrected chi connectivity index (χ4v) is 2.95. The average molecular weight is 344 g/mol. The molecule has 0 aliphatic carbocycles. The number of hydrogen-bond acceptors (Lipinski definition) is 5. The Morgan fingerprint density at radius 1 is 1.38 bits per heavy atom. The lowest BCUT2D eigenvalue weighted by molar-refractivity contribution is -0.147. The molecular formula is C18H20N2O3S. The largest absolute Gasteiger partial charge is 0.452 e. The fourth-order valence-electron chi connectivity index (χ4n) is 2.08. The molecule has 0 N–H and O–H groups in total. The van der Waals surface area contributed by atoms with Gasteiger partial charge in [-0.2, -0.15) is 0 Å². The Labute approximate surface area is 145 Å². The van der Waals surface area contributed by atoms with E-state index in [4.69, 9.17) is 4.74 Å². The topological polar surface area (TPSA) is 59.5 Å². The summed E-state index contributed by atoms with van der Waals surface area (Å²) in [5.74, 6) is -0.795. The number of para-hydroxylation sites is 1. The van der Waals surface area contributed by atoms with Crippen molar-refractivity contribution in [2.75, 3.05) is 19.7 Å². The molecule has 2 rings (SSSR count). The molecule has 0 spiro atoms. The number of esters is 1. The monoisotopic (exact) mass is 344 g/mol. The van der Waals surface area contributed by atoms with Crippen LogP contribution in [0.5, 0.6) is 0 Å². The first kappa shape index (κ1) is 17.9. The molecular weight excluding hydrogens is 324 g/mol. The highest BCUT2D eigenvalue weighted by Gasteiger charge is 2.13. The molecule has 2 aromatic rings. The van der Waals surface area contributed by atoms with Gasteiger partial charge < -0.3 is 9.64 Å². The van der Waals surface area contributed by atoms with Crippen LogP contribution in [0.15, 0.2) is 42.5 Å². The normalized spacial score (nSPS) is 10.9. The summed E-state index contributed by atoms with van der Waals surface area (Å²) >= 11 is 1.49. The van der Waals surface area contributed by atoms with E-state index in [1.54, 1.807) is 11.0 Å². The standard InChI is InChI=1S/C18H20N2O3S/c1-4-20(11-13(2)3)17(21)12-23-18(22)10-9-16-19-14-7-5-6-8-15(14)24-16/h5-10H,2,4,11-12H2,1,3H3/b10-9+. The van der Waals surface area contributed by atoms with Crippen LogP contribution in [-0.2, 0) is 14.3 Å². The molecule has 0 fully saturated rings. The molecule has 1 heterocycles. The molecule has 0 aliphatic rings. The fraction of sp³-hybridized carbons (Fsp3) is 0.278. The van der Waals surface area contributed by atoms with Crippen LogP contribution in [0.4, 0.5) is 0 Å². The zero-order valence-electron chi connectivity index (χ0n) is 13.8. The maximum absolute atomic E-state index is 12.0. The molecule has 1 aromatic heterocycles. The smallest absolute Gasteiger partial charge is 0.331 e. The Balaban J connectivity index is 1.88. The zero-order chi connectivity index (χ0) is 17.5. The van der Waals surface area contributed by atoms with Gasteiger partial charge in [-0.25, -0.2) is 9.78 Å². The highest BCUT2D eigenvalue weighted by Crippen LogP contribution is 2.22. The van der Waals surface area contributed by atoms with Crippen molar-refractivity contribution in [3.63, 3.8) is 0 Å². The Bertz CT molecular complexity index is 746. The number of aromatic nitrogens is 1. The first-order valence-corrected chi connectivity index (χ1v) is 8.43. The molecule has 0 aliphatic heterocycles. The van der Waals surface area contributed by atoms with Crippen molar-refractivity contribution in [3.8, 4) is 0 Å². The van der Waals surface area contributed by atoms with Crippen molar-refractivity contribution in [2.24, 2.45) is 0 Å². The van der Waals surface area contributed by atoms with E-state index < -0.39 is 5.97 Å². The molecule has 24 heavy (non-hydrogen) atoms. The number of fused-ring (bicyclic) bond motifs is 1. The summed E-state index contributed by atoms with van der Waals surface area (Å²) < 4.78 is 6.05. The quantitative estimate of drug-likeness (QED) is 0.439. The summed E-state index contributed by atoms with van der Waals surface area (Å²) in [6, 6.07) is 7.75. The maximum Gasteiger partial charge on any atom is 0.331 e. The Hall–Kier alpha value is -2.47. The van der Waals surface area contributed by atoms with Crippen molar-refractivity contribution in [1.29, 1.82) is 0 Å². The van der Waals surface area contributed by atoms with E-state index in [1.165, 1.54) is 17.4 Å². The highest BCUT2D eigenvalue weighted by molar-refractivity contribution is 7.19. The predicted molar refractivity (Wildman–Crippen MR) is 96.7 cm³/mol. The van der Waals surface area contributed by atoms with Crippen LogP contribution < -0.4 is 0 Å². The van der Waals surface area contributed by atoms with Crippen molar-refractivity contribution in [2.45, 2.75) is 13.8 Å². The molecule has 0 saturated carbocycles. The number of carbonyl (C=O) groups excluding carboxylic acids is 2. The van der Waals surface area contributed by atoms with Crippen LogP contribution in [0.3, 0.4) is 0 Å². The summed E-state index contributed by atoms with van der Waals surface area (Å²) in [5, 5.41) is 0.719. The van der Waals surface area contributed by atoms with Crippen LogP contribution in [0.25, 0.3) is 16.3 Å². The van der Waals surface area contributed by atoms with E-state index >= 15 is 0 Å². The van der Waals surface area contributed by atoms with Gasteiger partial charge in [0, 0.05) is 19.2 Å². The summed E-state index contributed by atoms with van der Waals surface area (Å²) in [5.41, 5.74) is 1.77. The highest BCUT2D eigenvalue weighted by atomic mass is 32.1. The van der Waals surface area contributed by atoms with Gasteiger partial charge in [-0.3, -0.25) is 4.79 Å². The number of nitrogens with zero attached hydrogens (tertiary/aromatic N) is 2. The molecule has 1 aromatic carbocycles. The second kappa shape index (κ2) is 8.40. The molecule has 5 nitrogen and oxygen atoms in total. The Kier molecular flexibility index (Phi) is 6.26. The van der Waals surface area contributed by atoms with Gasteiger partial charge in [0.15, 0.2) is 6.61 Å². The van der Waals surface area contributed by atoms with Crippen molar-refractivity contribution in [1.82, 2.24) is 9.88 Å². The number of amides is 1. The number of likely N-dealkylation sites (N-methyl/N-ethyl adjacent to an activating group) is 1. The number of carbonyl (C=O) groups is 2. The first-order valence-electron chi connectivity index (χ1n) is 7.62. The lowest BCUT2D eigenvalue weighted by Gasteiger charge is -2.20. The van der Waals surface area contributed by atoms with E-state index in [2.05, 4.69) is 11.6 Å². The van der Waals surface area contributed by atoms with Crippen LogP contribution >= 0.6 is 11.3 Å². The molecule has 6 heteroatoms. The van der Waals surface area contributed by atoms with E-state index in [1.807, 2.05) is 38.1 Å². The first-order chi connectivity index (χ1) is 11.5. The summed E-state index contributed by atoms with van der Waals surface area (Å²) in [6.07, 6.45) is 2.89. The lowest BCUT2D eigenvalue weighted by atomic mass is 10.3. The van der Waals surface area contributed by atoms with E-state index in [9.17, 15) is 9.59 Å². The van der Waals surface area contributed by atoms with Gasteiger partial charge in [0.2, 0.25) is 0 Å². The van der Waals surface area contributed by atoms with Crippen molar-refractivity contribution >= 4 is 39.5 Å². The van der Waals surface area contributed by atoms with Crippen molar-refractivity contribution < 1.29 is 14.3 Å². The number of benzene rings is 1. The number of thiazole rings is 1. The van der Waals surface area contributed by atoms with Gasteiger partial charge in [0.1, 0.15) is 5.01 Å². The third-order valence-electron chi connectivity index (χ3n) is 3.21. The SMILES string of the molecule is C=C(C)CN(CC)C(=O)COC(=O)/C=C/c1nc2ccccc2s1. The van der Waals surface area contributed by atoms with Gasteiger partial charge in [-0.05, 0) is 32.1 Å². The van der Waals surface area contributed by atoms with Crippen LogP contribution in [-0.4, -0.2) is 41.5 Å². The molecule has 0 radical (unpaired) electrons. The Morgan fingerprint density at radius 2 is 2.12 bits per heavy atom. The molecule has 0 saturated heterocycles. The van der Waals surface area contributed by atoms with E-state index in [0.29, 0.717) is 13.1 Å². The molecule has 1 amide bonds.